The number of para-hydroxylation sites is 1. The first kappa shape index (κ1) is 13.4. The molecule has 0 radical (unpaired) electrons. The minimum atomic E-state index is -0.444. The maximum Gasteiger partial charge on any atom is 0.266 e. The lowest BCUT2D eigenvalue weighted by molar-refractivity contribution is -0.164. The van der Waals surface area contributed by atoms with Gasteiger partial charge in [-0.2, -0.15) is 0 Å². The Kier molecular flexibility index (Phi) is 3.63. The second-order valence-corrected chi connectivity index (χ2v) is 5.45. The van der Waals surface area contributed by atoms with Crippen LogP contribution in [-0.2, 0) is 4.79 Å². The Morgan fingerprint density at radius 3 is 2.80 bits per heavy atom. The first-order valence-electron chi connectivity index (χ1n) is 7.08. The van der Waals surface area contributed by atoms with Crippen LogP contribution in [0.4, 0.5) is 0 Å². The van der Waals surface area contributed by atoms with Crippen LogP contribution in [0.1, 0.15) is 12.8 Å². The topological polar surface area (TPSA) is 61.8 Å². The Bertz CT molecular complexity index is 479. The van der Waals surface area contributed by atoms with Gasteiger partial charge in [0.1, 0.15) is 5.75 Å². The molecule has 0 aliphatic carbocycles. The number of amides is 1. The van der Waals surface area contributed by atoms with Crippen LogP contribution in [-0.4, -0.2) is 53.8 Å². The summed E-state index contributed by atoms with van der Waals surface area (Å²) in [6.07, 6.45) is 0.487. The summed E-state index contributed by atoms with van der Waals surface area (Å²) in [6, 6.07) is 9.49. The summed E-state index contributed by atoms with van der Waals surface area (Å²) in [4.78, 5) is 14.0. The van der Waals surface area contributed by atoms with E-state index in [2.05, 4.69) is 5.32 Å². The second kappa shape index (κ2) is 5.42. The van der Waals surface area contributed by atoms with Crippen molar-refractivity contribution in [3.63, 3.8) is 0 Å². The summed E-state index contributed by atoms with van der Waals surface area (Å²) in [5.41, 5.74) is 0. The summed E-state index contributed by atoms with van der Waals surface area (Å²) in [5.74, 6) is 0.735. The van der Waals surface area contributed by atoms with Gasteiger partial charge in [-0.1, -0.05) is 18.2 Å². The second-order valence-electron chi connectivity index (χ2n) is 5.45. The van der Waals surface area contributed by atoms with Gasteiger partial charge >= 0.3 is 0 Å². The number of nitrogens with one attached hydrogen (secondary N) is 1. The molecule has 0 aromatic heterocycles. The molecule has 2 saturated heterocycles. The number of carbonyl (C=O) groups excluding carboxylic acids is 1. The molecule has 0 bridgehead atoms. The first-order chi connectivity index (χ1) is 9.70. The molecular formula is C15H20N2O3. The van der Waals surface area contributed by atoms with Gasteiger partial charge in [-0.25, -0.2) is 0 Å². The molecule has 0 saturated carbocycles. The van der Waals surface area contributed by atoms with Crippen LogP contribution in [0.2, 0.25) is 0 Å². The lowest BCUT2D eigenvalue weighted by Crippen LogP contribution is -2.72. The third-order valence-electron chi connectivity index (χ3n) is 4.22. The average Bonchev–Trinajstić information content (AvgIpc) is 2.62. The summed E-state index contributed by atoms with van der Waals surface area (Å²) in [5, 5.41) is 13.1. The van der Waals surface area contributed by atoms with Gasteiger partial charge < -0.3 is 20.1 Å². The van der Waals surface area contributed by atoms with Crippen LogP contribution < -0.4 is 10.1 Å². The standard InChI is InChI=1S/C15H20N2O3/c1-16-12-9-10(18)7-8-17-13(12)14(15(17)19)20-11-5-3-2-4-6-11/h2-6,10,12-14,16,18H,7-9H2,1H3/t10-,12-,13-,14+/m0/s1. The quantitative estimate of drug-likeness (QED) is 0.784. The molecule has 5 nitrogen and oxygen atoms in total. The third-order valence-corrected chi connectivity index (χ3v) is 4.22. The molecule has 0 unspecified atom stereocenters. The van der Waals surface area contributed by atoms with Gasteiger partial charge in [0.05, 0.1) is 12.1 Å². The number of β-lactam (4-membered cyclic amide) rings is 1. The zero-order chi connectivity index (χ0) is 14.1. The fourth-order valence-electron chi connectivity index (χ4n) is 3.12. The van der Waals surface area contributed by atoms with Crippen LogP contribution in [0.25, 0.3) is 0 Å². The molecule has 4 atom stereocenters. The number of fused-ring (bicyclic) bond motifs is 1. The maximum absolute atomic E-state index is 12.2. The molecule has 1 aromatic carbocycles. The van der Waals surface area contributed by atoms with Crippen LogP contribution in [0.3, 0.4) is 0 Å². The molecule has 2 aliphatic rings. The number of likely N-dealkylation sites (N-methyl/N-ethyl adjacent to an activating group) is 1. The predicted octanol–water partition coefficient (Wildman–Crippen LogP) is 0.387. The molecule has 108 valence electrons. The number of rotatable bonds is 3. The van der Waals surface area contributed by atoms with Crippen molar-refractivity contribution in [2.45, 2.75) is 37.1 Å². The highest BCUT2D eigenvalue weighted by molar-refractivity contribution is 5.89. The summed E-state index contributed by atoms with van der Waals surface area (Å²) < 4.78 is 5.84. The lowest BCUT2D eigenvalue weighted by atomic mass is 9.89. The van der Waals surface area contributed by atoms with Gasteiger partial charge in [-0.05, 0) is 32.0 Å². The van der Waals surface area contributed by atoms with E-state index in [1.807, 2.05) is 42.3 Å². The van der Waals surface area contributed by atoms with E-state index in [1.165, 1.54) is 0 Å². The number of aliphatic hydroxyl groups excluding tert-OH is 1. The van der Waals surface area contributed by atoms with Crippen molar-refractivity contribution in [3.8, 4) is 5.75 Å². The van der Waals surface area contributed by atoms with Gasteiger partial charge in [0.25, 0.3) is 5.91 Å². The molecule has 0 spiro atoms. The molecule has 2 heterocycles. The first-order valence-corrected chi connectivity index (χ1v) is 7.08. The van der Waals surface area contributed by atoms with Crippen LogP contribution in [0.5, 0.6) is 5.75 Å². The Balaban J connectivity index is 1.77. The van der Waals surface area contributed by atoms with E-state index in [4.69, 9.17) is 4.74 Å². The van der Waals surface area contributed by atoms with Crippen molar-refractivity contribution in [1.29, 1.82) is 0 Å². The molecule has 3 rings (SSSR count). The smallest absolute Gasteiger partial charge is 0.266 e. The fourth-order valence-corrected chi connectivity index (χ4v) is 3.12. The SMILES string of the molecule is CN[C@H]1C[C@@H](O)CCN2C(=O)[C@H](Oc3ccccc3)[C@H]12. The summed E-state index contributed by atoms with van der Waals surface area (Å²) in [6.45, 7) is 0.609. The van der Waals surface area contributed by atoms with Gasteiger partial charge in [-0.15, -0.1) is 0 Å². The molecule has 20 heavy (non-hydrogen) atoms. The molecule has 1 amide bonds. The van der Waals surface area contributed by atoms with Crippen LogP contribution in [0, 0.1) is 0 Å². The van der Waals surface area contributed by atoms with Crippen LogP contribution >= 0.6 is 0 Å². The highest BCUT2D eigenvalue weighted by Crippen LogP contribution is 2.32. The highest BCUT2D eigenvalue weighted by atomic mass is 16.5. The number of aliphatic hydroxyl groups is 1. The number of carbonyl (C=O) groups is 1. The molecule has 2 aliphatic heterocycles. The van der Waals surface area contributed by atoms with Gasteiger partial charge in [-0.3, -0.25) is 4.79 Å². The number of hydrogen-bond acceptors (Lipinski definition) is 4. The van der Waals surface area contributed by atoms with Gasteiger partial charge in [0, 0.05) is 12.6 Å². The Morgan fingerprint density at radius 1 is 1.35 bits per heavy atom. The zero-order valence-electron chi connectivity index (χ0n) is 11.5. The number of nitrogens with zero attached hydrogens (tertiary/aromatic N) is 1. The van der Waals surface area contributed by atoms with Crippen molar-refractivity contribution in [1.82, 2.24) is 10.2 Å². The third kappa shape index (κ3) is 2.27. The van der Waals surface area contributed by atoms with E-state index in [1.54, 1.807) is 0 Å². The van der Waals surface area contributed by atoms with E-state index in [0.717, 1.165) is 0 Å². The van der Waals surface area contributed by atoms with E-state index >= 15 is 0 Å². The number of ether oxygens (including phenoxy) is 1. The predicted molar refractivity (Wildman–Crippen MR) is 74.4 cm³/mol. The zero-order valence-corrected chi connectivity index (χ0v) is 11.5. The normalized spacial score (nSPS) is 33.1. The largest absolute Gasteiger partial charge is 0.478 e. The minimum Gasteiger partial charge on any atom is -0.478 e. The Labute approximate surface area is 118 Å². The molecule has 2 fully saturated rings. The Morgan fingerprint density at radius 2 is 2.10 bits per heavy atom. The molecule has 2 N–H and O–H groups in total. The number of benzene rings is 1. The fraction of sp³-hybridized carbons (Fsp3) is 0.533. The van der Waals surface area contributed by atoms with Gasteiger partial charge in [0.2, 0.25) is 0 Å². The number of hydrogen-bond donors (Lipinski definition) is 2. The highest BCUT2D eigenvalue weighted by Gasteiger charge is 2.53. The monoisotopic (exact) mass is 276 g/mol. The van der Waals surface area contributed by atoms with Crippen LogP contribution in [0.15, 0.2) is 30.3 Å². The van der Waals surface area contributed by atoms with E-state index in [-0.39, 0.29) is 24.1 Å². The van der Waals surface area contributed by atoms with Crippen molar-refractivity contribution in [3.05, 3.63) is 30.3 Å². The van der Waals surface area contributed by atoms with E-state index in [9.17, 15) is 9.90 Å². The van der Waals surface area contributed by atoms with Gasteiger partial charge in [0.15, 0.2) is 6.10 Å². The van der Waals surface area contributed by atoms with Crippen molar-refractivity contribution in [2.75, 3.05) is 13.6 Å². The molecular weight excluding hydrogens is 256 g/mol. The van der Waals surface area contributed by atoms with E-state index in [0.29, 0.717) is 25.1 Å². The lowest BCUT2D eigenvalue weighted by Gasteiger charge is -2.48. The summed E-state index contributed by atoms with van der Waals surface area (Å²) >= 11 is 0. The van der Waals surface area contributed by atoms with Crippen molar-refractivity contribution < 1.29 is 14.6 Å². The average molecular weight is 276 g/mol. The van der Waals surface area contributed by atoms with Crippen molar-refractivity contribution >= 4 is 5.91 Å². The molecule has 1 aromatic rings. The maximum atomic E-state index is 12.2. The summed E-state index contributed by atoms with van der Waals surface area (Å²) in [7, 11) is 1.86. The van der Waals surface area contributed by atoms with Crippen molar-refractivity contribution in [2.24, 2.45) is 0 Å². The Hall–Kier alpha value is -1.59. The molecule has 5 heteroatoms. The van der Waals surface area contributed by atoms with E-state index < -0.39 is 6.10 Å². The minimum absolute atomic E-state index is 0.00450.